The van der Waals surface area contributed by atoms with Crippen LogP contribution < -0.4 is 45.5 Å². The molecule has 0 N–H and O–H groups in total. The highest BCUT2D eigenvalue weighted by molar-refractivity contribution is 7.15. The summed E-state index contributed by atoms with van der Waals surface area (Å²) in [4.78, 5) is 124. The molecule has 0 bridgehead atoms. The Morgan fingerprint density at radius 2 is 0.689 bits per heavy atom. The first kappa shape index (κ1) is 98.0. The van der Waals surface area contributed by atoms with E-state index in [1.165, 1.54) is 106 Å². The minimum Gasteiger partial charge on any atom is -0.451 e. The van der Waals surface area contributed by atoms with E-state index in [-0.39, 0.29) is 103 Å². The van der Waals surface area contributed by atoms with Crippen LogP contribution in [0.3, 0.4) is 0 Å². The van der Waals surface area contributed by atoms with Crippen LogP contribution in [0.2, 0.25) is 0 Å². The van der Waals surface area contributed by atoms with E-state index < -0.39 is 227 Å². The Labute approximate surface area is 841 Å². The van der Waals surface area contributed by atoms with Gasteiger partial charge in [0.25, 0.3) is 35.5 Å². The van der Waals surface area contributed by atoms with Gasteiger partial charge in [0.1, 0.15) is 41.6 Å². The number of methoxy groups -OCH3 is 3. The van der Waals surface area contributed by atoms with Crippen molar-refractivity contribution in [2.75, 3.05) is 76.4 Å². The Bertz CT molecular complexity index is 7510. The predicted molar refractivity (Wildman–Crippen MR) is 507 cm³/mol. The van der Waals surface area contributed by atoms with E-state index in [2.05, 4.69) is 14.2 Å². The van der Waals surface area contributed by atoms with E-state index in [9.17, 15) is 43.2 Å². The van der Waals surface area contributed by atoms with Gasteiger partial charge in [-0.1, -0.05) is 91.0 Å². The Morgan fingerprint density at radius 1 is 0.392 bits per heavy atom. The standard InChI is InChI=1S/2C35H28F5N3O6S.C34H27F4N3O6S/c2*1-34(37,38)18-9-11-41-24(13-18)43(42-12-10-23(44)30(29(42)32(41)45)48-16-49-33(46)47-2)28-19-5-3-4-6-20(19)31-25-17(15-50-31)14-35(39,40)27-22(36)8-7-21(28)26(25)27;1-33(36)10-12-39-23(14-33)41(40-11-9-22(42)29(28(40)31(39)43)46-16-47-32(44)45-2)27-18-5-3-4-6-19(18)30-24-17(15-48-30)13-34(37,38)26-21(35)8-7-20(27)25(24)26/h2*3-8,10,12,15,18,24,28H,9,11,13-14,16H2,1-2H3;3-9,11,15,23,27H,10,12-14,16H2,1-2H3/t18?,24-,28-;;/m1../s1. The van der Waals surface area contributed by atoms with Gasteiger partial charge in [-0.05, 0) is 154 Å². The number of benzene rings is 6. The number of ether oxygens (including phenoxy) is 9. The van der Waals surface area contributed by atoms with Crippen LogP contribution in [0.5, 0.6) is 17.2 Å². The Balaban J connectivity index is 0.000000126. The minimum absolute atomic E-state index is 0.00184. The summed E-state index contributed by atoms with van der Waals surface area (Å²) in [5, 5.41) is 9.93. The van der Waals surface area contributed by atoms with Gasteiger partial charge in [0, 0.05) is 142 Å². The molecule has 3 amide bonds. The van der Waals surface area contributed by atoms with Gasteiger partial charge in [0.2, 0.25) is 65.8 Å². The lowest BCUT2D eigenvalue weighted by atomic mass is 9.80. The molecule has 6 aromatic carbocycles. The molecule has 12 heterocycles. The maximum atomic E-state index is 16.0. The largest absolute Gasteiger partial charge is 0.510 e. The summed E-state index contributed by atoms with van der Waals surface area (Å²) >= 11 is 3.81. The molecular weight excluding hydrogens is 2030 g/mol. The maximum Gasteiger partial charge on any atom is 0.510 e. The first-order chi connectivity index (χ1) is 70.5. The highest BCUT2D eigenvalue weighted by Crippen LogP contribution is 2.64. The Morgan fingerprint density at radius 3 is 0.993 bits per heavy atom. The van der Waals surface area contributed by atoms with Crippen LogP contribution in [-0.2, 0) is 65.5 Å². The van der Waals surface area contributed by atoms with Gasteiger partial charge in [0.15, 0.2) is 17.1 Å². The van der Waals surface area contributed by atoms with Gasteiger partial charge < -0.3 is 57.3 Å². The molecule has 27 nitrogen and oxygen atoms in total. The van der Waals surface area contributed by atoms with Crippen molar-refractivity contribution in [1.82, 2.24) is 28.7 Å². The fraction of sp³-hybridized carbons (Fsp3) is 0.337. The van der Waals surface area contributed by atoms with E-state index >= 15 is 61.5 Å². The van der Waals surface area contributed by atoms with E-state index in [0.29, 0.717) is 87.0 Å². The molecule has 12 aliphatic rings. The number of hydrogen-bond donors (Lipinski definition) is 0. The van der Waals surface area contributed by atoms with E-state index in [1.807, 2.05) is 30.3 Å². The number of nitrogens with zero attached hydrogens (tertiary/aromatic N) is 9. The van der Waals surface area contributed by atoms with Crippen LogP contribution in [0.4, 0.5) is 75.8 Å². The van der Waals surface area contributed by atoms with Gasteiger partial charge >= 0.3 is 18.5 Å². The fourth-order valence-corrected chi connectivity index (χ4v) is 26.7. The first-order valence-corrected chi connectivity index (χ1v) is 49.4. The molecule has 9 atom stereocenters. The van der Waals surface area contributed by atoms with Crippen molar-refractivity contribution in [3.05, 3.63) is 294 Å². The number of piperidine rings is 3. The second kappa shape index (κ2) is 35.8. The van der Waals surface area contributed by atoms with Gasteiger partial charge in [-0.25, -0.2) is 75.8 Å². The highest BCUT2D eigenvalue weighted by atomic mass is 32.1. The summed E-state index contributed by atoms with van der Waals surface area (Å²) in [7, 11) is 3.24. The number of halogens is 14. The molecule has 24 rings (SSSR count). The van der Waals surface area contributed by atoms with Gasteiger partial charge in [-0.3, -0.25) is 57.8 Å². The van der Waals surface area contributed by atoms with E-state index in [4.69, 9.17) is 28.4 Å². The van der Waals surface area contributed by atoms with Crippen LogP contribution in [0, 0.1) is 29.3 Å². The number of fused-ring (bicyclic) bond motifs is 12. The highest BCUT2D eigenvalue weighted by Gasteiger charge is 2.59. The number of hydrogen-bond acceptors (Lipinski definition) is 24. The van der Waals surface area contributed by atoms with Crippen molar-refractivity contribution in [3.8, 4) is 82.0 Å². The maximum absolute atomic E-state index is 16.0. The number of carbonyl (C=O) groups excluding carboxylic acids is 6. The monoisotopic (exact) mass is 2110 g/mol. The lowest BCUT2D eigenvalue weighted by Gasteiger charge is -2.54. The average Bonchev–Trinajstić information content (AvgIpc) is 1.68. The minimum atomic E-state index is -3.56. The summed E-state index contributed by atoms with van der Waals surface area (Å²) in [6.45, 7) is 0.455. The molecule has 0 radical (unpaired) electrons. The zero-order valence-electron chi connectivity index (χ0n) is 78.7. The molecule has 7 unspecified atom stereocenters. The Kier molecular flexibility index (Phi) is 23.7. The quantitative estimate of drug-likeness (QED) is 0.0423. The molecule has 6 aromatic heterocycles. The summed E-state index contributed by atoms with van der Waals surface area (Å²) in [6.07, 6.45) is -5.19. The number of aromatic nitrogens is 3. The average molecular weight is 2110 g/mol. The SMILES string of the molecule is COC(=O)OCOc1c2n(ccc1=O)N(C1c3ccccc3-c3scc4c3-c3c1ccc(F)c3C(F)(F)C4)C1CC(C(C)(F)F)CCN1C2=O.COC(=O)OCOc1c2n(ccc1=O)N(C1c3ccccc3-c3scc4c3-c3c1ccc(F)c3C(F)(F)C4)C1CC(C)(F)CCN1C2=O.COC(=O)OCOc1c2n(ccc1=O)N([C@@H]1c3ccccc3-c3scc4c3-c3c1ccc(F)c3C(F)(F)C4)[C@@H]1CC(C(C)(F)F)CCN1C2=O. The molecule has 148 heavy (non-hydrogen) atoms. The Hall–Kier alpha value is -14.7. The fourth-order valence-electron chi connectivity index (χ4n) is 23.3. The normalized spacial score (nSPS) is 21.9. The van der Waals surface area contributed by atoms with Gasteiger partial charge in [-0.15, -0.1) is 34.0 Å². The number of rotatable bonds is 14. The summed E-state index contributed by atoms with van der Waals surface area (Å²) < 4.78 is 267. The zero-order chi connectivity index (χ0) is 104. The number of alkyl halides is 11. The first-order valence-electron chi connectivity index (χ1n) is 46.8. The van der Waals surface area contributed by atoms with Crippen LogP contribution in [0.1, 0.15) is 176 Å². The molecule has 3 fully saturated rings. The summed E-state index contributed by atoms with van der Waals surface area (Å²) in [5.41, 5.74) is 0.514. The summed E-state index contributed by atoms with van der Waals surface area (Å²) in [5.74, 6) is -25.8. The van der Waals surface area contributed by atoms with Crippen LogP contribution in [0.25, 0.3) is 64.7 Å². The van der Waals surface area contributed by atoms with Crippen molar-refractivity contribution in [1.29, 1.82) is 0 Å². The molecule has 6 aliphatic heterocycles. The lowest BCUT2D eigenvalue weighted by Crippen LogP contribution is -2.66. The third-order valence-corrected chi connectivity index (χ3v) is 32.8. The molecule has 0 saturated carbocycles. The van der Waals surface area contributed by atoms with Crippen LogP contribution in [0.15, 0.2) is 177 Å². The van der Waals surface area contributed by atoms with Crippen LogP contribution >= 0.6 is 34.0 Å². The van der Waals surface area contributed by atoms with Crippen LogP contribution in [-0.4, -0.2) is 162 Å². The molecule has 3 saturated heterocycles. The van der Waals surface area contributed by atoms with E-state index in [1.54, 1.807) is 73.6 Å². The van der Waals surface area contributed by atoms with Crippen molar-refractivity contribution in [3.63, 3.8) is 0 Å². The summed E-state index contributed by atoms with van der Waals surface area (Å²) in [6, 6.07) is 29.2. The zero-order valence-corrected chi connectivity index (χ0v) is 81.2. The second-order valence-corrected chi connectivity index (χ2v) is 40.8. The number of amides is 3. The van der Waals surface area contributed by atoms with Gasteiger partial charge in [0.05, 0.1) is 56.1 Å². The molecule has 768 valence electrons. The lowest BCUT2D eigenvalue weighted by molar-refractivity contribution is -0.0747. The van der Waals surface area contributed by atoms with Crippen molar-refractivity contribution in [2.45, 2.75) is 150 Å². The molecular formula is C104H83F14N9O18S3. The van der Waals surface area contributed by atoms with Crippen molar-refractivity contribution >= 4 is 70.2 Å². The second-order valence-electron chi connectivity index (χ2n) is 38.2. The molecule has 12 aromatic rings. The number of thiophene rings is 3. The van der Waals surface area contributed by atoms with Crippen molar-refractivity contribution in [2.24, 2.45) is 11.8 Å². The topological polar surface area (TPSA) is 271 Å². The predicted octanol–water partition coefficient (Wildman–Crippen LogP) is 20.6. The molecule has 0 spiro atoms. The smallest absolute Gasteiger partial charge is 0.451 e. The molecule has 44 heteroatoms. The number of pyridine rings is 3. The van der Waals surface area contributed by atoms with E-state index in [0.717, 1.165) is 71.6 Å². The van der Waals surface area contributed by atoms with Gasteiger partial charge in [-0.2, -0.15) is 0 Å². The third kappa shape index (κ3) is 15.7. The molecule has 6 aliphatic carbocycles. The van der Waals surface area contributed by atoms with Crippen molar-refractivity contribution < 1.29 is 133 Å². The third-order valence-electron chi connectivity index (χ3n) is 29.6. The number of carbonyl (C=O) groups is 6.